The van der Waals surface area contributed by atoms with Crippen LogP contribution in [0.15, 0.2) is 35.5 Å². The number of aromatic nitrogens is 6. The summed E-state index contributed by atoms with van der Waals surface area (Å²) < 4.78 is 25.7. The Kier molecular flexibility index (Phi) is 5.84. The van der Waals surface area contributed by atoms with Gasteiger partial charge in [0.15, 0.2) is 16.3 Å². The van der Waals surface area contributed by atoms with E-state index >= 15 is 0 Å². The minimum atomic E-state index is -3.87. The Morgan fingerprint density at radius 2 is 1.61 bits per heavy atom. The summed E-state index contributed by atoms with van der Waals surface area (Å²) >= 11 is 11.4. The van der Waals surface area contributed by atoms with Crippen molar-refractivity contribution in [3.8, 4) is 0 Å². The van der Waals surface area contributed by atoms with Gasteiger partial charge < -0.3 is 0 Å². The van der Waals surface area contributed by atoms with Gasteiger partial charge in [0.05, 0.1) is 17.6 Å². The first kappa shape index (κ1) is 20.5. The van der Waals surface area contributed by atoms with Crippen molar-refractivity contribution in [1.29, 1.82) is 0 Å². The van der Waals surface area contributed by atoms with Crippen molar-refractivity contribution in [1.82, 2.24) is 29.2 Å². The largest absolute Gasteiger partial charge is 0.257 e. The van der Waals surface area contributed by atoms with Crippen LogP contribution in [0.3, 0.4) is 0 Å². The summed E-state index contributed by atoms with van der Waals surface area (Å²) in [4.78, 5) is 8.44. The average molecular weight is 442 g/mol. The number of aryl methyl sites for hydroxylation is 2. The van der Waals surface area contributed by atoms with E-state index in [1.54, 1.807) is 23.6 Å². The van der Waals surface area contributed by atoms with Crippen LogP contribution in [0.25, 0.3) is 11.3 Å². The van der Waals surface area contributed by atoms with Gasteiger partial charge in [0.2, 0.25) is 0 Å². The Balaban J connectivity index is 0.000000167. The maximum absolute atomic E-state index is 11.4. The molecule has 0 bridgehead atoms. The van der Waals surface area contributed by atoms with Gasteiger partial charge in [0, 0.05) is 0 Å². The number of rotatable bonds is 3. The first-order valence-corrected chi connectivity index (χ1v) is 10.6. The zero-order valence-electron chi connectivity index (χ0n) is 15.0. The van der Waals surface area contributed by atoms with Gasteiger partial charge in [-0.3, -0.25) is 0 Å². The van der Waals surface area contributed by atoms with Gasteiger partial charge >= 0.3 is 0 Å². The molecule has 0 aliphatic carbocycles. The number of sulfonamides is 1. The van der Waals surface area contributed by atoms with Crippen LogP contribution in [-0.2, 0) is 22.9 Å². The van der Waals surface area contributed by atoms with Gasteiger partial charge in [-0.1, -0.05) is 37.0 Å². The summed E-state index contributed by atoms with van der Waals surface area (Å²) in [6, 6.07) is 6.72. The van der Waals surface area contributed by atoms with Crippen LogP contribution in [0.5, 0.6) is 0 Å². The van der Waals surface area contributed by atoms with Gasteiger partial charge in [0.25, 0.3) is 10.0 Å². The third-order valence-corrected chi connectivity index (χ3v) is 5.13. The summed E-state index contributed by atoms with van der Waals surface area (Å²) in [5.41, 5.74) is 2.67. The Labute approximate surface area is 171 Å². The lowest BCUT2D eigenvalue weighted by Crippen LogP contribution is -2.17. The molecule has 0 saturated heterocycles. The number of imidazole rings is 2. The van der Waals surface area contributed by atoms with E-state index in [4.69, 9.17) is 28.3 Å². The second kappa shape index (κ2) is 8.00. The lowest BCUT2D eigenvalue weighted by atomic mass is 10.4. The third-order valence-electron chi connectivity index (χ3n) is 3.78. The second-order valence-electron chi connectivity index (χ2n) is 5.73. The van der Waals surface area contributed by atoms with Crippen LogP contribution in [0.2, 0.25) is 10.3 Å². The van der Waals surface area contributed by atoms with Crippen LogP contribution in [0, 0.1) is 0 Å². The van der Waals surface area contributed by atoms with Gasteiger partial charge in [-0.05, 0) is 37.1 Å². The van der Waals surface area contributed by atoms with Crippen LogP contribution < -0.4 is 5.14 Å². The SMILES string of the molecule is CCc1cn2nc(Cl)ccc2n1.CCc1nc2ccc(Cl)nn2c1S(N)(=O)=O. The Hall–Kier alpha value is -2.27. The summed E-state index contributed by atoms with van der Waals surface area (Å²) in [5.74, 6) is 0. The number of fused-ring (bicyclic) bond motifs is 2. The lowest BCUT2D eigenvalue weighted by Gasteiger charge is -1.99. The van der Waals surface area contributed by atoms with Crippen LogP contribution in [0.1, 0.15) is 25.2 Å². The predicted octanol–water partition coefficient (Wildman–Crippen LogP) is 2.54. The fourth-order valence-electron chi connectivity index (χ4n) is 2.53. The molecule has 0 aromatic carbocycles. The highest BCUT2D eigenvalue weighted by Gasteiger charge is 2.21. The molecule has 12 heteroatoms. The molecule has 4 aromatic heterocycles. The number of nitrogens with zero attached hydrogens (tertiary/aromatic N) is 6. The number of halogens is 2. The second-order valence-corrected chi connectivity index (χ2v) is 7.98. The van der Waals surface area contributed by atoms with Gasteiger partial charge in [-0.15, -0.1) is 0 Å². The molecule has 2 N–H and O–H groups in total. The number of primary sulfonamides is 1. The average Bonchev–Trinajstić information content (AvgIpc) is 3.21. The summed E-state index contributed by atoms with van der Waals surface area (Å²) in [6.07, 6.45) is 3.26. The van der Waals surface area contributed by atoms with Crippen molar-refractivity contribution in [2.45, 2.75) is 31.7 Å². The molecule has 4 heterocycles. The van der Waals surface area contributed by atoms with Crippen molar-refractivity contribution < 1.29 is 8.42 Å². The molecular weight excluding hydrogens is 425 g/mol. The highest BCUT2D eigenvalue weighted by atomic mass is 35.5. The number of hydrogen-bond donors (Lipinski definition) is 1. The maximum atomic E-state index is 11.4. The number of hydrogen-bond acceptors (Lipinski definition) is 6. The molecule has 148 valence electrons. The van der Waals surface area contributed by atoms with Crippen molar-refractivity contribution >= 4 is 44.5 Å². The molecule has 4 rings (SSSR count). The lowest BCUT2D eigenvalue weighted by molar-refractivity contribution is 0.588. The Bertz CT molecular complexity index is 1250. The van der Waals surface area contributed by atoms with E-state index in [9.17, 15) is 8.42 Å². The smallest absolute Gasteiger partial charge is 0.232 e. The quantitative estimate of drug-likeness (QED) is 0.521. The first-order chi connectivity index (χ1) is 13.2. The molecule has 0 amide bonds. The van der Waals surface area contributed by atoms with E-state index < -0.39 is 10.0 Å². The molecule has 28 heavy (non-hydrogen) atoms. The van der Waals surface area contributed by atoms with Crippen molar-refractivity contribution in [3.05, 3.63) is 52.2 Å². The van der Waals surface area contributed by atoms with Gasteiger partial charge in [0.1, 0.15) is 10.3 Å². The molecule has 4 aromatic rings. The molecule has 0 spiro atoms. The summed E-state index contributed by atoms with van der Waals surface area (Å²) in [7, 11) is -3.87. The monoisotopic (exact) mass is 441 g/mol. The number of nitrogens with two attached hydrogens (primary N) is 1. The molecule has 0 unspecified atom stereocenters. The van der Waals surface area contributed by atoms with E-state index in [2.05, 4.69) is 27.1 Å². The van der Waals surface area contributed by atoms with Gasteiger partial charge in [-0.25, -0.2) is 28.0 Å². The molecule has 0 aliphatic heterocycles. The van der Waals surface area contributed by atoms with E-state index in [1.807, 2.05) is 12.3 Å². The summed E-state index contributed by atoms with van der Waals surface area (Å²) in [5, 5.41) is 13.6. The van der Waals surface area contributed by atoms with Gasteiger partial charge in [-0.2, -0.15) is 14.7 Å². The Morgan fingerprint density at radius 3 is 2.21 bits per heavy atom. The van der Waals surface area contributed by atoms with E-state index in [0.717, 1.165) is 22.3 Å². The highest BCUT2D eigenvalue weighted by Crippen LogP contribution is 2.17. The van der Waals surface area contributed by atoms with E-state index in [1.165, 1.54) is 6.07 Å². The molecular formula is C16H17Cl2N7O2S. The highest BCUT2D eigenvalue weighted by molar-refractivity contribution is 7.89. The fourth-order valence-corrected chi connectivity index (χ4v) is 3.71. The predicted molar refractivity (Wildman–Crippen MR) is 106 cm³/mol. The van der Waals surface area contributed by atoms with Crippen molar-refractivity contribution in [2.24, 2.45) is 5.14 Å². The van der Waals surface area contributed by atoms with Crippen molar-refractivity contribution in [2.75, 3.05) is 0 Å². The fraction of sp³-hybridized carbons (Fsp3) is 0.250. The van der Waals surface area contributed by atoms with Crippen LogP contribution >= 0.6 is 23.2 Å². The minimum absolute atomic E-state index is 0.104. The zero-order valence-corrected chi connectivity index (χ0v) is 17.4. The molecule has 0 fully saturated rings. The maximum Gasteiger partial charge on any atom is 0.257 e. The summed E-state index contributed by atoms with van der Waals surface area (Å²) in [6.45, 7) is 3.85. The molecule has 0 aliphatic rings. The van der Waals surface area contributed by atoms with E-state index in [0.29, 0.717) is 22.9 Å². The normalized spacial score (nSPS) is 11.6. The third kappa shape index (κ3) is 4.25. The minimum Gasteiger partial charge on any atom is -0.232 e. The molecule has 9 nitrogen and oxygen atoms in total. The zero-order chi connectivity index (χ0) is 20.5. The van der Waals surface area contributed by atoms with Crippen LogP contribution in [0.4, 0.5) is 0 Å². The standard InChI is InChI=1S/C8H9ClN4O2S.C8H8ClN3/c1-2-5-8(16(10,14)15)13-7(11-5)4-3-6(9)12-13;1-2-6-5-12-8(10-6)4-3-7(9)11-12/h3-4H,2H2,1H3,(H2,10,14,15);3-5H,2H2,1H3. The van der Waals surface area contributed by atoms with E-state index in [-0.39, 0.29) is 10.2 Å². The van der Waals surface area contributed by atoms with Crippen molar-refractivity contribution in [3.63, 3.8) is 0 Å². The topological polar surface area (TPSA) is 121 Å². The molecule has 0 atom stereocenters. The van der Waals surface area contributed by atoms with Crippen LogP contribution in [-0.4, -0.2) is 37.6 Å². The molecule has 0 saturated carbocycles. The Morgan fingerprint density at radius 1 is 0.964 bits per heavy atom. The first-order valence-electron chi connectivity index (χ1n) is 8.30. The molecule has 0 radical (unpaired) electrons.